The predicted octanol–water partition coefficient (Wildman–Crippen LogP) is 3.91. The Morgan fingerprint density at radius 2 is 1.96 bits per heavy atom. The molecule has 2 aromatic carbocycles. The van der Waals surface area contributed by atoms with Crippen LogP contribution in [0.3, 0.4) is 0 Å². The summed E-state index contributed by atoms with van der Waals surface area (Å²) in [5.74, 6) is 0.586. The highest BCUT2D eigenvalue weighted by Gasteiger charge is 2.18. The molecule has 0 bridgehead atoms. The van der Waals surface area contributed by atoms with Gasteiger partial charge in [-0.15, -0.1) is 11.3 Å². The van der Waals surface area contributed by atoms with Crippen LogP contribution >= 0.6 is 11.3 Å². The Morgan fingerprint density at radius 3 is 2.63 bits per heavy atom. The summed E-state index contributed by atoms with van der Waals surface area (Å²) in [4.78, 5) is 13.5. The van der Waals surface area contributed by atoms with E-state index in [4.69, 9.17) is 14.7 Å². The Hall–Kier alpha value is -3.30. The van der Waals surface area contributed by atoms with Crippen LogP contribution in [0.25, 0.3) is 0 Å². The molecule has 1 atom stereocenters. The van der Waals surface area contributed by atoms with Crippen LogP contribution < -0.4 is 14.8 Å². The quantitative estimate of drug-likeness (QED) is 0.677. The van der Waals surface area contributed by atoms with Crippen LogP contribution in [0.2, 0.25) is 0 Å². The van der Waals surface area contributed by atoms with E-state index in [-0.39, 0.29) is 18.6 Å². The topological polar surface area (TPSA) is 71.3 Å². The Balaban J connectivity index is 1.70. The van der Waals surface area contributed by atoms with E-state index in [9.17, 15) is 4.79 Å². The third-order valence-corrected chi connectivity index (χ3v) is 4.85. The molecule has 0 spiro atoms. The third-order valence-electron chi connectivity index (χ3n) is 3.92. The second-order valence-electron chi connectivity index (χ2n) is 5.69. The fraction of sp³-hybridized carbons (Fsp3) is 0.143. The van der Waals surface area contributed by atoms with Crippen molar-refractivity contribution in [2.75, 3.05) is 13.7 Å². The fourth-order valence-electron chi connectivity index (χ4n) is 2.62. The molecule has 3 rings (SSSR count). The Kier molecular flexibility index (Phi) is 6.08. The minimum Gasteiger partial charge on any atom is -0.493 e. The van der Waals surface area contributed by atoms with E-state index in [0.717, 1.165) is 10.4 Å². The molecule has 27 heavy (non-hydrogen) atoms. The molecular weight excluding hydrogens is 360 g/mol. The first-order chi connectivity index (χ1) is 13.2. The largest absolute Gasteiger partial charge is 0.493 e. The number of methoxy groups -OCH3 is 1. The number of thiophene rings is 1. The van der Waals surface area contributed by atoms with Crippen molar-refractivity contribution in [3.63, 3.8) is 0 Å². The highest BCUT2D eigenvalue weighted by atomic mass is 32.1. The van der Waals surface area contributed by atoms with Crippen molar-refractivity contribution in [2.45, 2.75) is 6.04 Å². The van der Waals surface area contributed by atoms with Gasteiger partial charge in [0.25, 0.3) is 5.91 Å². The van der Waals surface area contributed by atoms with E-state index in [2.05, 4.69) is 5.32 Å². The number of carbonyl (C=O) groups is 1. The lowest BCUT2D eigenvalue weighted by atomic mass is 10.1. The molecule has 0 radical (unpaired) electrons. The van der Waals surface area contributed by atoms with Crippen LogP contribution in [0.1, 0.15) is 22.0 Å². The Labute approximate surface area is 161 Å². The minimum absolute atomic E-state index is 0.156. The molecule has 0 aliphatic carbocycles. The van der Waals surface area contributed by atoms with Crippen molar-refractivity contribution in [1.82, 2.24) is 5.32 Å². The Bertz CT molecular complexity index is 934. The van der Waals surface area contributed by atoms with E-state index >= 15 is 0 Å². The standard InChI is InChI=1S/C21H18N2O3S/c1-25-18-12-15(13-22)9-10-17(18)26-14-20(24)23-21(19-8-5-11-27-19)16-6-3-2-4-7-16/h2-12,21H,14H2,1H3,(H,23,24). The van der Waals surface area contributed by atoms with E-state index < -0.39 is 0 Å². The third kappa shape index (κ3) is 4.66. The number of hydrogen-bond acceptors (Lipinski definition) is 5. The molecule has 1 heterocycles. The number of carbonyl (C=O) groups excluding carboxylic acids is 1. The van der Waals surface area contributed by atoms with Gasteiger partial charge in [0, 0.05) is 10.9 Å². The summed E-state index contributed by atoms with van der Waals surface area (Å²) in [5, 5.41) is 14.0. The zero-order valence-electron chi connectivity index (χ0n) is 14.7. The molecule has 136 valence electrons. The van der Waals surface area contributed by atoms with E-state index in [1.807, 2.05) is 53.9 Å². The Morgan fingerprint density at radius 1 is 1.15 bits per heavy atom. The van der Waals surface area contributed by atoms with E-state index in [1.54, 1.807) is 29.5 Å². The molecular formula is C21H18N2O3S. The molecule has 0 aliphatic rings. The summed E-state index contributed by atoms with van der Waals surface area (Å²) >= 11 is 1.59. The van der Waals surface area contributed by atoms with Crippen LogP contribution in [-0.2, 0) is 4.79 Å². The van der Waals surface area contributed by atoms with Crippen molar-refractivity contribution in [1.29, 1.82) is 5.26 Å². The molecule has 1 aromatic heterocycles. The number of rotatable bonds is 7. The second kappa shape index (κ2) is 8.88. The normalized spacial score (nSPS) is 11.3. The van der Waals surface area contributed by atoms with Gasteiger partial charge in [-0.05, 0) is 29.1 Å². The molecule has 1 N–H and O–H groups in total. The average molecular weight is 378 g/mol. The van der Waals surface area contributed by atoms with Gasteiger partial charge in [-0.1, -0.05) is 36.4 Å². The summed E-state index contributed by atoms with van der Waals surface area (Å²) in [6, 6.07) is 20.4. The lowest BCUT2D eigenvalue weighted by Crippen LogP contribution is -2.32. The van der Waals surface area contributed by atoms with Gasteiger partial charge in [0.2, 0.25) is 0 Å². The van der Waals surface area contributed by atoms with Crippen LogP contribution in [0.5, 0.6) is 11.5 Å². The van der Waals surface area contributed by atoms with Crippen LogP contribution in [0.4, 0.5) is 0 Å². The van der Waals surface area contributed by atoms with Crippen molar-refractivity contribution in [3.05, 3.63) is 82.0 Å². The number of nitriles is 1. The summed E-state index contributed by atoms with van der Waals surface area (Å²) in [6.45, 7) is -0.156. The maximum absolute atomic E-state index is 12.5. The van der Waals surface area contributed by atoms with Crippen molar-refractivity contribution in [3.8, 4) is 17.6 Å². The molecule has 5 nitrogen and oxygen atoms in total. The van der Waals surface area contributed by atoms with Gasteiger partial charge in [0.05, 0.1) is 24.8 Å². The molecule has 0 saturated heterocycles. The number of ether oxygens (including phenoxy) is 2. The molecule has 3 aromatic rings. The van der Waals surface area contributed by atoms with Gasteiger partial charge in [-0.2, -0.15) is 5.26 Å². The van der Waals surface area contributed by atoms with E-state index in [0.29, 0.717) is 17.1 Å². The summed E-state index contributed by atoms with van der Waals surface area (Å²) < 4.78 is 10.8. The molecule has 0 saturated carbocycles. The predicted molar refractivity (Wildman–Crippen MR) is 104 cm³/mol. The molecule has 0 aliphatic heterocycles. The lowest BCUT2D eigenvalue weighted by molar-refractivity contribution is -0.123. The summed E-state index contributed by atoms with van der Waals surface area (Å²) in [5.41, 5.74) is 1.47. The first kappa shape index (κ1) is 18.5. The maximum atomic E-state index is 12.5. The monoisotopic (exact) mass is 378 g/mol. The smallest absolute Gasteiger partial charge is 0.258 e. The number of amides is 1. The zero-order chi connectivity index (χ0) is 19.1. The molecule has 6 heteroatoms. The lowest BCUT2D eigenvalue weighted by Gasteiger charge is -2.18. The van der Waals surface area contributed by atoms with Gasteiger partial charge < -0.3 is 14.8 Å². The van der Waals surface area contributed by atoms with Crippen molar-refractivity contribution in [2.24, 2.45) is 0 Å². The van der Waals surface area contributed by atoms with Gasteiger partial charge >= 0.3 is 0 Å². The number of hydrogen-bond donors (Lipinski definition) is 1. The second-order valence-corrected chi connectivity index (χ2v) is 6.67. The van der Waals surface area contributed by atoms with Crippen LogP contribution in [-0.4, -0.2) is 19.6 Å². The van der Waals surface area contributed by atoms with Gasteiger partial charge in [-0.3, -0.25) is 4.79 Å². The maximum Gasteiger partial charge on any atom is 0.258 e. The van der Waals surface area contributed by atoms with Gasteiger partial charge in [0.1, 0.15) is 0 Å². The molecule has 1 amide bonds. The number of benzene rings is 2. The highest BCUT2D eigenvalue weighted by molar-refractivity contribution is 7.10. The van der Waals surface area contributed by atoms with Crippen molar-refractivity contribution >= 4 is 17.2 Å². The zero-order valence-corrected chi connectivity index (χ0v) is 15.5. The fourth-order valence-corrected chi connectivity index (χ4v) is 3.42. The van der Waals surface area contributed by atoms with Crippen molar-refractivity contribution < 1.29 is 14.3 Å². The summed E-state index contributed by atoms with van der Waals surface area (Å²) in [6.07, 6.45) is 0. The highest BCUT2D eigenvalue weighted by Crippen LogP contribution is 2.28. The molecule has 1 unspecified atom stereocenters. The first-order valence-electron chi connectivity index (χ1n) is 8.30. The van der Waals surface area contributed by atoms with Gasteiger partial charge in [-0.25, -0.2) is 0 Å². The van der Waals surface area contributed by atoms with Crippen LogP contribution in [0, 0.1) is 11.3 Å². The first-order valence-corrected chi connectivity index (χ1v) is 9.18. The molecule has 0 fully saturated rings. The minimum atomic E-state index is -0.247. The van der Waals surface area contributed by atoms with Gasteiger partial charge in [0.15, 0.2) is 18.1 Å². The van der Waals surface area contributed by atoms with Crippen LogP contribution in [0.15, 0.2) is 66.0 Å². The summed E-state index contributed by atoms with van der Waals surface area (Å²) in [7, 11) is 1.49. The number of nitrogens with one attached hydrogen (secondary N) is 1. The average Bonchev–Trinajstić information content (AvgIpc) is 3.25. The SMILES string of the molecule is COc1cc(C#N)ccc1OCC(=O)NC(c1ccccc1)c1cccs1. The van der Waals surface area contributed by atoms with E-state index in [1.165, 1.54) is 7.11 Å². The number of nitrogens with zero attached hydrogens (tertiary/aromatic N) is 1.